The van der Waals surface area contributed by atoms with Gasteiger partial charge in [0, 0.05) is 43.1 Å². The van der Waals surface area contributed by atoms with Crippen LogP contribution in [0.15, 0.2) is 30.3 Å². The van der Waals surface area contributed by atoms with Gasteiger partial charge in [-0.3, -0.25) is 9.48 Å². The number of aromatic nitrogens is 2. The van der Waals surface area contributed by atoms with Gasteiger partial charge in [-0.25, -0.2) is 0 Å². The van der Waals surface area contributed by atoms with Crippen LogP contribution in [0.3, 0.4) is 0 Å². The summed E-state index contributed by atoms with van der Waals surface area (Å²) in [4.78, 5) is 15.3. The topological polar surface area (TPSA) is 47.4 Å². The van der Waals surface area contributed by atoms with E-state index in [0.29, 0.717) is 12.5 Å². The van der Waals surface area contributed by atoms with Crippen molar-refractivity contribution in [1.82, 2.24) is 9.78 Å². The third-order valence-corrected chi connectivity index (χ3v) is 5.17. The van der Waals surface area contributed by atoms with E-state index in [2.05, 4.69) is 5.10 Å². The number of benzene rings is 1. The minimum Gasteiger partial charge on any atom is -0.381 e. The summed E-state index contributed by atoms with van der Waals surface area (Å²) in [5.41, 5.74) is 3.97. The van der Waals surface area contributed by atoms with Crippen LogP contribution in [0.4, 0.5) is 5.69 Å². The van der Waals surface area contributed by atoms with Gasteiger partial charge in [0.2, 0.25) is 5.91 Å². The maximum Gasteiger partial charge on any atom is 0.234 e. The van der Waals surface area contributed by atoms with Crippen molar-refractivity contribution in [1.29, 1.82) is 0 Å². The van der Waals surface area contributed by atoms with E-state index in [1.807, 2.05) is 67.7 Å². The zero-order valence-electron chi connectivity index (χ0n) is 15.5. The van der Waals surface area contributed by atoms with E-state index in [1.165, 1.54) is 0 Å². The van der Waals surface area contributed by atoms with Crippen LogP contribution in [0.5, 0.6) is 0 Å². The molecule has 1 aromatic carbocycles. The first-order chi connectivity index (χ1) is 12.0. The maximum atomic E-state index is 13.4. The first-order valence-electron chi connectivity index (χ1n) is 8.93. The number of carbonyl (C=O) groups is 1. The summed E-state index contributed by atoms with van der Waals surface area (Å²) in [7, 11) is 1.92. The van der Waals surface area contributed by atoms with Crippen LogP contribution in [0, 0.1) is 19.8 Å². The lowest BCUT2D eigenvalue weighted by Gasteiger charge is -2.28. The SMILES string of the molecule is Cc1nn(C)c(C)c1[C@@H](C)C(=O)N(C[C@@H]1CCOC1)c1ccccc1. The Balaban J connectivity index is 1.90. The van der Waals surface area contributed by atoms with Crippen LogP contribution in [-0.2, 0) is 16.6 Å². The largest absolute Gasteiger partial charge is 0.381 e. The van der Waals surface area contributed by atoms with Gasteiger partial charge in [-0.2, -0.15) is 5.10 Å². The quantitative estimate of drug-likeness (QED) is 0.839. The number of aryl methyl sites for hydroxylation is 2. The number of amides is 1. The van der Waals surface area contributed by atoms with Gasteiger partial charge in [0.05, 0.1) is 18.2 Å². The molecule has 25 heavy (non-hydrogen) atoms. The first-order valence-corrected chi connectivity index (χ1v) is 8.93. The molecule has 0 N–H and O–H groups in total. The standard InChI is InChI=1S/C20H27N3O2/c1-14(19-15(2)21-22(4)16(19)3)20(24)23(12-17-10-11-25-13-17)18-8-6-5-7-9-18/h5-9,14,17H,10-13H2,1-4H3/t14-,17+/m1/s1. The van der Waals surface area contributed by atoms with Crippen LogP contribution in [0.2, 0.25) is 0 Å². The molecule has 1 aromatic heterocycles. The molecule has 1 aliphatic rings. The first kappa shape index (κ1) is 17.7. The van der Waals surface area contributed by atoms with E-state index < -0.39 is 0 Å². The molecule has 1 aliphatic heterocycles. The Morgan fingerprint density at radius 3 is 2.64 bits per heavy atom. The molecule has 0 saturated carbocycles. The Kier molecular flexibility index (Phi) is 5.23. The van der Waals surface area contributed by atoms with Crippen LogP contribution in [-0.4, -0.2) is 35.4 Å². The number of para-hydroxylation sites is 1. The predicted molar refractivity (Wildman–Crippen MR) is 98.8 cm³/mol. The molecule has 2 aromatic rings. The number of carbonyl (C=O) groups excluding carboxylic acids is 1. The lowest BCUT2D eigenvalue weighted by molar-refractivity contribution is -0.119. The summed E-state index contributed by atoms with van der Waals surface area (Å²) in [6.45, 7) is 8.21. The lowest BCUT2D eigenvalue weighted by atomic mass is 9.96. The summed E-state index contributed by atoms with van der Waals surface area (Å²) in [5.74, 6) is 0.293. The van der Waals surface area contributed by atoms with Gasteiger partial charge >= 0.3 is 0 Å². The molecule has 1 saturated heterocycles. The molecule has 0 radical (unpaired) electrons. The molecule has 2 heterocycles. The van der Waals surface area contributed by atoms with Crippen LogP contribution in [0.1, 0.15) is 36.2 Å². The van der Waals surface area contributed by atoms with E-state index in [4.69, 9.17) is 4.74 Å². The summed E-state index contributed by atoms with van der Waals surface area (Å²) < 4.78 is 7.36. The molecule has 0 spiro atoms. The molecule has 3 rings (SSSR count). The van der Waals surface area contributed by atoms with E-state index in [-0.39, 0.29) is 11.8 Å². The highest BCUT2D eigenvalue weighted by Gasteiger charge is 2.30. The van der Waals surface area contributed by atoms with Crippen molar-refractivity contribution in [2.75, 3.05) is 24.7 Å². The zero-order chi connectivity index (χ0) is 18.0. The molecule has 134 valence electrons. The fourth-order valence-corrected chi connectivity index (χ4v) is 3.69. The summed E-state index contributed by atoms with van der Waals surface area (Å²) >= 11 is 0. The van der Waals surface area contributed by atoms with Crippen molar-refractivity contribution in [3.8, 4) is 0 Å². The maximum absolute atomic E-state index is 13.4. The second kappa shape index (κ2) is 7.40. The van der Waals surface area contributed by atoms with E-state index in [0.717, 1.165) is 42.3 Å². The average Bonchev–Trinajstić information content (AvgIpc) is 3.21. The van der Waals surface area contributed by atoms with Gasteiger partial charge in [0.15, 0.2) is 0 Å². The van der Waals surface area contributed by atoms with Gasteiger partial charge < -0.3 is 9.64 Å². The van der Waals surface area contributed by atoms with Gasteiger partial charge in [0.25, 0.3) is 0 Å². The number of ether oxygens (including phenoxy) is 1. The van der Waals surface area contributed by atoms with E-state index in [9.17, 15) is 4.79 Å². The smallest absolute Gasteiger partial charge is 0.234 e. The van der Waals surface area contributed by atoms with E-state index >= 15 is 0 Å². The van der Waals surface area contributed by atoms with Crippen LogP contribution in [0.25, 0.3) is 0 Å². The molecule has 1 amide bonds. The van der Waals surface area contributed by atoms with Crippen molar-refractivity contribution in [3.63, 3.8) is 0 Å². The Labute approximate surface area is 149 Å². The molecular weight excluding hydrogens is 314 g/mol. The summed E-state index contributed by atoms with van der Waals surface area (Å²) in [6.07, 6.45) is 1.01. The molecule has 0 aliphatic carbocycles. The molecule has 0 unspecified atom stereocenters. The molecule has 5 nitrogen and oxygen atoms in total. The fraction of sp³-hybridized carbons (Fsp3) is 0.500. The molecule has 5 heteroatoms. The Bertz CT molecular complexity index is 733. The average molecular weight is 341 g/mol. The van der Waals surface area contributed by atoms with Gasteiger partial charge in [0.1, 0.15) is 0 Å². The van der Waals surface area contributed by atoms with Gasteiger partial charge in [-0.15, -0.1) is 0 Å². The highest BCUT2D eigenvalue weighted by atomic mass is 16.5. The number of hydrogen-bond acceptors (Lipinski definition) is 3. The molecule has 1 fully saturated rings. The predicted octanol–water partition coefficient (Wildman–Crippen LogP) is 3.21. The Morgan fingerprint density at radius 1 is 1.36 bits per heavy atom. The number of anilines is 1. The van der Waals surface area contributed by atoms with Crippen molar-refractivity contribution in [2.24, 2.45) is 13.0 Å². The van der Waals surface area contributed by atoms with Crippen molar-refractivity contribution in [2.45, 2.75) is 33.1 Å². The second-order valence-electron chi connectivity index (χ2n) is 6.94. The van der Waals surface area contributed by atoms with Crippen molar-refractivity contribution < 1.29 is 9.53 Å². The minimum absolute atomic E-state index is 0.123. The third-order valence-electron chi connectivity index (χ3n) is 5.17. The van der Waals surface area contributed by atoms with E-state index in [1.54, 1.807) is 0 Å². The second-order valence-corrected chi connectivity index (χ2v) is 6.94. The van der Waals surface area contributed by atoms with Gasteiger partial charge in [-0.1, -0.05) is 18.2 Å². The molecule has 2 atom stereocenters. The lowest BCUT2D eigenvalue weighted by Crippen LogP contribution is -2.38. The normalized spacial score (nSPS) is 18.3. The van der Waals surface area contributed by atoms with Gasteiger partial charge in [-0.05, 0) is 39.3 Å². The summed E-state index contributed by atoms with van der Waals surface area (Å²) in [5, 5.41) is 4.48. The minimum atomic E-state index is -0.226. The third kappa shape index (κ3) is 3.61. The highest BCUT2D eigenvalue weighted by Crippen LogP contribution is 2.28. The zero-order valence-corrected chi connectivity index (χ0v) is 15.5. The number of nitrogens with zero attached hydrogens (tertiary/aromatic N) is 3. The number of rotatable bonds is 5. The molecular formula is C20H27N3O2. The van der Waals surface area contributed by atoms with Crippen molar-refractivity contribution >= 4 is 11.6 Å². The van der Waals surface area contributed by atoms with Crippen molar-refractivity contribution in [3.05, 3.63) is 47.3 Å². The Morgan fingerprint density at radius 2 is 2.08 bits per heavy atom. The highest BCUT2D eigenvalue weighted by molar-refractivity contribution is 5.98. The summed E-state index contributed by atoms with van der Waals surface area (Å²) in [6, 6.07) is 9.94. The fourth-order valence-electron chi connectivity index (χ4n) is 3.69. The monoisotopic (exact) mass is 341 g/mol. The molecule has 0 bridgehead atoms. The number of hydrogen-bond donors (Lipinski definition) is 0. The van der Waals surface area contributed by atoms with Crippen LogP contribution >= 0.6 is 0 Å². The Hall–Kier alpha value is -2.14. The van der Waals surface area contributed by atoms with Crippen LogP contribution < -0.4 is 4.90 Å².